The molecule has 2 heterocycles. The molecule has 2 aromatic heterocycles. The summed E-state index contributed by atoms with van der Waals surface area (Å²) in [6.45, 7) is 3.83. The van der Waals surface area contributed by atoms with Crippen molar-refractivity contribution >= 4 is 5.91 Å². The van der Waals surface area contributed by atoms with Gasteiger partial charge in [0.1, 0.15) is 6.54 Å². The van der Waals surface area contributed by atoms with Crippen molar-refractivity contribution in [3.05, 3.63) is 80.5 Å². The molecule has 1 N–H and O–H groups in total. The SMILES string of the molecule is Cc1cc(=O)n(CC(=O)NCCn2nc(-c3ccccc3)ccc2=O)nc1C. The minimum atomic E-state index is -0.356. The smallest absolute Gasteiger partial charge is 0.267 e. The fourth-order valence-electron chi connectivity index (χ4n) is 2.65. The van der Waals surface area contributed by atoms with Crippen molar-refractivity contribution in [2.24, 2.45) is 0 Å². The predicted molar refractivity (Wildman–Crippen MR) is 105 cm³/mol. The number of nitrogens with zero attached hydrogens (tertiary/aromatic N) is 4. The van der Waals surface area contributed by atoms with Crippen LogP contribution in [0.15, 0.2) is 58.1 Å². The lowest BCUT2D eigenvalue weighted by molar-refractivity contribution is -0.121. The third-order valence-electron chi connectivity index (χ3n) is 4.31. The Morgan fingerprint density at radius 3 is 2.46 bits per heavy atom. The first kappa shape index (κ1) is 19.2. The van der Waals surface area contributed by atoms with Gasteiger partial charge in [-0.2, -0.15) is 10.2 Å². The summed E-state index contributed by atoms with van der Waals surface area (Å²) in [5.74, 6) is -0.356. The molecule has 28 heavy (non-hydrogen) atoms. The van der Waals surface area contributed by atoms with E-state index in [9.17, 15) is 14.4 Å². The fourth-order valence-corrected chi connectivity index (χ4v) is 2.65. The van der Waals surface area contributed by atoms with E-state index < -0.39 is 0 Å². The molecule has 0 saturated carbocycles. The minimum Gasteiger partial charge on any atom is -0.353 e. The number of nitrogens with one attached hydrogen (secondary N) is 1. The van der Waals surface area contributed by atoms with Crippen LogP contribution in [0.25, 0.3) is 11.3 Å². The number of benzene rings is 1. The molecule has 8 nitrogen and oxygen atoms in total. The van der Waals surface area contributed by atoms with Gasteiger partial charge in [0.2, 0.25) is 5.91 Å². The highest BCUT2D eigenvalue weighted by atomic mass is 16.2. The first-order chi connectivity index (χ1) is 13.4. The molecule has 3 aromatic rings. The fraction of sp³-hybridized carbons (Fsp3) is 0.250. The lowest BCUT2D eigenvalue weighted by Gasteiger charge is -2.10. The number of amides is 1. The number of carbonyl (C=O) groups excluding carboxylic acids is 1. The van der Waals surface area contributed by atoms with E-state index in [0.717, 1.165) is 15.8 Å². The molecule has 0 aliphatic rings. The monoisotopic (exact) mass is 379 g/mol. The molecule has 1 aromatic carbocycles. The van der Waals surface area contributed by atoms with Crippen molar-refractivity contribution < 1.29 is 4.79 Å². The molecule has 0 radical (unpaired) electrons. The number of carbonyl (C=O) groups is 1. The van der Waals surface area contributed by atoms with Crippen LogP contribution in [0.1, 0.15) is 11.3 Å². The Kier molecular flexibility index (Phi) is 5.78. The second-order valence-electron chi connectivity index (χ2n) is 6.40. The van der Waals surface area contributed by atoms with Crippen molar-refractivity contribution in [3.8, 4) is 11.3 Å². The molecule has 3 rings (SSSR count). The number of hydrogen-bond acceptors (Lipinski definition) is 5. The third-order valence-corrected chi connectivity index (χ3v) is 4.31. The number of hydrogen-bond donors (Lipinski definition) is 1. The third kappa shape index (κ3) is 4.59. The summed E-state index contributed by atoms with van der Waals surface area (Å²) in [6.07, 6.45) is 0. The van der Waals surface area contributed by atoms with Gasteiger partial charge in [0.15, 0.2) is 0 Å². The van der Waals surface area contributed by atoms with E-state index in [2.05, 4.69) is 15.5 Å². The molecule has 0 bridgehead atoms. The molecule has 144 valence electrons. The average molecular weight is 379 g/mol. The summed E-state index contributed by atoms with van der Waals surface area (Å²) in [5.41, 5.74) is 2.48. The standard InChI is InChI=1S/C20H21N5O3/c1-14-12-20(28)25(22-15(14)2)13-18(26)21-10-11-24-19(27)9-8-17(23-24)16-6-4-3-5-7-16/h3-9,12H,10-11,13H2,1-2H3,(H,21,26). The molecule has 0 spiro atoms. The van der Waals surface area contributed by atoms with Crippen LogP contribution < -0.4 is 16.4 Å². The molecule has 0 atom stereocenters. The van der Waals surface area contributed by atoms with Crippen molar-refractivity contribution in [3.63, 3.8) is 0 Å². The Hall–Kier alpha value is -3.55. The van der Waals surface area contributed by atoms with Gasteiger partial charge < -0.3 is 5.32 Å². The van der Waals surface area contributed by atoms with E-state index in [0.29, 0.717) is 11.4 Å². The Labute approximate surface area is 161 Å². The molecular formula is C20H21N5O3. The second kappa shape index (κ2) is 8.43. The quantitative estimate of drug-likeness (QED) is 0.686. The summed E-state index contributed by atoms with van der Waals surface area (Å²) < 4.78 is 2.43. The summed E-state index contributed by atoms with van der Waals surface area (Å²) in [5, 5.41) is 11.1. The molecule has 1 amide bonds. The maximum Gasteiger partial charge on any atom is 0.267 e. The van der Waals surface area contributed by atoms with Crippen LogP contribution in [0.4, 0.5) is 0 Å². The maximum absolute atomic E-state index is 12.1. The Morgan fingerprint density at radius 1 is 0.964 bits per heavy atom. The van der Waals surface area contributed by atoms with Crippen LogP contribution in [0.3, 0.4) is 0 Å². The zero-order valence-electron chi connectivity index (χ0n) is 15.8. The second-order valence-corrected chi connectivity index (χ2v) is 6.40. The molecule has 0 saturated heterocycles. The highest BCUT2D eigenvalue weighted by molar-refractivity contribution is 5.75. The van der Waals surface area contributed by atoms with E-state index in [1.165, 1.54) is 16.8 Å². The van der Waals surface area contributed by atoms with Crippen LogP contribution in [0.5, 0.6) is 0 Å². The molecule has 0 unspecified atom stereocenters. The summed E-state index contributed by atoms with van der Waals surface area (Å²) in [4.78, 5) is 36.0. The van der Waals surface area contributed by atoms with Crippen molar-refractivity contribution in [1.82, 2.24) is 24.9 Å². The first-order valence-corrected chi connectivity index (χ1v) is 8.90. The van der Waals surface area contributed by atoms with Crippen molar-refractivity contribution in [2.75, 3.05) is 6.54 Å². The molecule has 8 heteroatoms. The average Bonchev–Trinajstić information content (AvgIpc) is 2.68. The van der Waals surface area contributed by atoms with Gasteiger partial charge >= 0.3 is 0 Å². The molecular weight excluding hydrogens is 358 g/mol. The summed E-state index contributed by atoms with van der Waals surface area (Å²) >= 11 is 0. The Balaban J connectivity index is 1.62. The molecule has 0 fully saturated rings. The van der Waals surface area contributed by atoms with Gasteiger partial charge in [-0.1, -0.05) is 30.3 Å². The van der Waals surface area contributed by atoms with Crippen LogP contribution in [-0.4, -0.2) is 32.0 Å². The van der Waals surface area contributed by atoms with E-state index in [1.807, 2.05) is 30.3 Å². The van der Waals surface area contributed by atoms with Crippen LogP contribution in [-0.2, 0) is 17.9 Å². The van der Waals surface area contributed by atoms with Gasteiger partial charge in [0.05, 0.1) is 17.9 Å². The lowest BCUT2D eigenvalue weighted by Crippen LogP contribution is -2.36. The zero-order chi connectivity index (χ0) is 20.1. The van der Waals surface area contributed by atoms with Gasteiger partial charge in [-0.3, -0.25) is 14.4 Å². The van der Waals surface area contributed by atoms with Crippen molar-refractivity contribution in [2.45, 2.75) is 26.9 Å². The summed E-state index contributed by atoms with van der Waals surface area (Å²) in [7, 11) is 0. The van der Waals surface area contributed by atoms with Gasteiger partial charge in [0, 0.05) is 24.2 Å². The topological polar surface area (TPSA) is 98.9 Å². The molecule has 0 aliphatic carbocycles. The Bertz CT molecular complexity index is 1100. The summed E-state index contributed by atoms with van der Waals surface area (Å²) in [6, 6.07) is 14.1. The zero-order valence-corrected chi connectivity index (χ0v) is 15.8. The van der Waals surface area contributed by atoms with Crippen LogP contribution >= 0.6 is 0 Å². The van der Waals surface area contributed by atoms with Gasteiger partial charge in [-0.15, -0.1) is 0 Å². The highest BCUT2D eigenvalue weighted by Gasteiger charge is 2.08. The largest absolute Gasteiger partial charge is 0.353 e. The van der Waals surface area contributed by atoms with Crippen LogP contribution in [0, 0.1) is 13.8 Å². The van der Waals surface area contributed by atoms with E-state index in [1.54, 1.807) is 19.9 Å². The molecule has 0 aliphatic heterocycles. The maximum atomic E-state index is 12.1. The lowest BCUT2D eigenvalue weighted by atomic mass is 10.1. The van der Waals surface area contributed by atoms with E-state index in [4.69, 9.17) is 0 Å². The highest BCUT2D eigenvalue weighted by Crippen LogP contribution is 2.13. The van der Waals surface area contributed by atoms with Gasteiger partial charge in [-0.05, 0) is 25.5 Å². The predicted octanol–water partition coefficient (Wildman–Crippen LogP) is 0.900. The minimum absolute atomic E-state index is 0.174. The number of aromatic nitrogens is 4. The van der Waals surface area contributed by atoms with Crippen LogP contribution in [0.2, 0.25) is 0 Å². The van der Waals surface area contributed by atoms with E-state index in [-0.39, 0.29) is 36.7 Å². The van der Waals surface area contributed by atoms with Crippen molar-refractivity contribution in [1.29, 1.82) is 0 Å². The number of rotatable bonds is 6. The van der Waals surface area contributed by atoms with Gasteiger partial charge in [-0.25, -0.2) is 9.36 Å². The Morgan fingerprint density at radius 2 is 1.71 bits per heavy atom. The number of aryl methyl sites for hydroxylation is 2. The van der Waals surface area contributed by atoms with Gasteiger partial charge in [0.25, 0.3) is 11.1 Å². The van der Waals surface area contributed by atoms with E-state index >= 15 is 0 Å². The first-order valence-electron chi connectivity index (χ1n) is 8.90. The normalized spacial score (nSPS) is 10.6.